The standard InChI is InChI=1S/C29H59NO12/c1-3-29(2)28-30-4-6-32-8-10-34-12-14-36-16-18-38-20-22-40-24-26-42-27-25-41-23-21-39-19-17-37-15-13-35-11-9-33-7-5-31/h28,30-31H,3-27H2,1-2H3/b29-28+. The van der Waals surface area contributed by atoms with Gasteiger partial charge in [-0.15, -0.1) is 0 Å². The summed E-state index contributed by atoms with van der Waals surface area (Å²) in [6.45, 7) is 16.4. The van der Waals surface area contributed by atoms with Crippen molar-refractivity contribution in [2.45, 2.75) is 20.3 Å². The third kappa shape index (κ3) is 37.1. The lowest BCUT2D eigenvalue weighted by Gasteiger charge is -2.09. The van der Waals surface area contributed by atoms with Gasteiger partial charge >= 0.3 is 0 Å². The molecule has 0 fully saturated rings. The van der Waals surface area contributed by atoms with E-state index in [1.54, 1.807) is 0 Å². The van der Waals surface area contributed by atoms with Crippen molar-refractivity contribution in [3.8, 4) is 0 Å². The Morgan fingerprint density at radius 3 is 0.905 bits per heavy atom. The lowest BCUT2D eigenvalue weighted by molar-refractivity contribution is -0.0277. The smallest absolute Gasteiger partial charge is 0.0701 e. The van der Waals surface area contributed by atoms with Crippen LogP contribution >= 0.6 is 0 Å². The molecule has 0 aliphatic rings. The lowest BCUT2D eigenvalue weighted by atomic mass is 10.3. The molecule has 42 heavy (non-hydrogen) atoms. The van der Waals surface area contributed by atoms with Gasteiger partial charge in [0.15, 0.2) is 0 Å². The fourth-order valence-corrected chi connectivity index (χ4v) is 2.85. The van der Waals surface area contributed by atoms with Gasteiger partial charge in [0.05, 0.1) is 152 Å². The van der Waals surface area contributed by atoms with Gasteiger partial charge in [-0.3, -0.25) is 0 Å². The SMILES string of the molecule is CC/C(C)=C/NCCOCCOCCOCCOCCOCCOCCOCCOCCOCCOCCOCCO. The summed E-state index contributed by atoms with van der Waals surface area (Å²) in [6, 6.07) is 0. The molecule has 0 aromatic heterocycles. The van der Waals surface area contributed by atoms with Crippen LogP contribution < -0.4 is 5.32 Å². The Hall–Kier alpha value is -0.940. The largest absolute Gasteiger partial charge is 0.394 e. The molecule has 0 aromatic rings. The number of aliphatic hydroxyl groups excluding tert-OH is 1. The highest BCUT2D eigenvalue weighted by atomic mass is 16.6. The molecule has 0 heterocycles. The molecule has 0 saturated heterocycles. The first-order valence-electron chi connectivity index (χ1n) is 15.2. The topological polar surface area (TPSA) is 134 Å². The van der Waals surface area contributed by atoms with E-state index < -0.39 is 0 Å². The van der Waals surface area contributed by atoms with Crippen LogP contribution in [0.2, 0.25) is 0 Å². The first-order valence-corrected chi connectivity index (χ1v) is 15.2. The van der Waals surface area contributed by atoms with Crippen LogP contribution in [0, 0.1) is 0 Å². The van der Waals surface area contributed by atoms with Gasteiger partial charge in [-0.25, -0.2) is 0 Å². The molecule has 0 spiro atoms. The van der Waals surface area contributed by atoms with Crippen LogP contribution in [0.15, 0.2) is 11.8 Å². The highest BCUT2D eigenvalue weighted by Crippen LogP contribution is 1.94. The van der Waals surface area contributed by atoms with Crippen molar-refractivity contribution in [1.29, 1.82) is 0 Å². The second-order valence-corrected chi connectivity index (χ2v) is 8.76. The van der Waals surface area contributed by atoms with Crippen molar-refractivity contribution < 1.29 is 57.2 Å². The maximum absolute atomic E-state index is 8.57. The van der Waals surface area contributed by atoms with E-state index in [1.165, 1.54) is 5.57 Å². The Morgan fingerprint density at radius 1 is 0.429 bits per heavy atom. The second kappa shape index (κ2) is 38.1. The van der Waals surface area contributed by atoms with E-state index in [-0.39, 0.29) is 6.61 Å². The van der Waals surface area contributed by atoms with Gasteiger partial charge in [0, 0.05) is 6.54 Å². The highest BCUT2D eigenvalue weighted by molar-refractivity contribution is 4.94. The number of ether oxygens (including phenoxy) is 11. The summed E-state index contributed by atoms with van der Waals surface area (Å²) in [5.41, 5.74) is 1.33. The molecule has 0 aromatic carbocycles. The Labute approximate surface area is 253 Å². The summed E-state index contributed by atoms with van der Waals surface area (Å²) in [6.07, 6.45) is 3.09. The van der Waals surface area contributed by atoms with Crippen molar-refractivity contribution >= 4 is 0 Å². The van der Waals surface area contributed by atoms with Crippen LogP contribution in [-0.2, 0) is 52.1 Å². The first kappa shape index (κ1) is 41.1. The van der Waals surface area contributed by atoms with Crippen LogP contribution in [0.25, 0.3) is 0 Å². The minimum absolute atomic E-state index is 0.0269. The normalized spacial score (nSPS) is 11.9. The summed E-state index contributed by atoms with van der Waals surface area (Å²) >= 11 is 0. The van der Waals surface area contributed by atoms with Gasteiger partial charge in [0.1, 0.15) is 0 Å². The summed E-state index contributed by atoms with van der Waals surface area (Å²) in [5, 5.41) is 11.8. The number of hydrogen-bond donors (Lipinski definition) is 2. The average molecular weight is 614 g/mol. The predicted molar refractivity (Wildman–Crippen MR) is 158 cm³/mol. The Balaban J connectivity index is 3.05. The molecule has 0 aliphatic carbocycles. The molecular formula is C29H59NO12. The number of allylic oxidation sites excluding steroid dienone is 1. The molecule has 0 saturated carbocycles. The maximum atomic E-state index is 8.57. The monoisotopic (exact) mass is 613 g/mol. The summed E-state index contributed by atoms with van der Waals surface area (Å²) in [7, 11) is 0. The molecule has 0 radical (unpaired) electrons. The van der Waals surface area contributed by atoms with Crippen molar-refractivity contribution in [3.05, 3.63) is 11.8 Å². The lowest BCUT2D eigenvalue weighted by Crippen LogP contribution is -2.17. The molecule has 13 nitrogen and oxygen atoms in total. The van der Waals surface area contributed by atoms with Gasteiger partial charge in [-0.05, 0) is 19.5 Å². The highest BCUT2D eigenvalue weighted by Gasteiger charge is 1.96. The maximum Gasteiger partial charge on any atom is 0.0701 e. The molecular weight excluding hydrogens is 554 g/mol. The van der Waals surface area contributed by atoms with E-state index in [4.69, 9.17) is 57.2 Å². The van der Waals surface area contributed by atoms with Gasteiger partial charge in [-0.2, -0.15) is 0 Å². The van der Waals surface area contributed by atoms with E-state index in [9.17, 15) is 0 Å². The quantitative estimate of drug-likeness (QED) is 0.0969. The third-order valence-corrected chi connectivity index (χ3v) is 5.25. The van der Waals surface area contributed by atoms with E-state index >= 15 is 0 Å². The van der Waals surface area contributed by atoms with E-state index in [0.717, 1.165) is 13.0 Å². The Bertz CT molecular complexity index is 531. The minimum atomic E-state index is 0.0269. The second-order valence-electron chi connectivity index (χ2n) is 8.76. The fourth-order valence-electron chi connectivity index (χ4n) is 2.85. The van der Waals surface area contributed by atoms with Crippen LogP contribution in [0.1, 0.15) is 20.3 Å². The zero-order chi connectivity index (χ0) is 30.4. The molecule has 13 heteroatoms. The van der Waals surface area contributed by atoms with Crippen LogP contribution in [0.3, 0.4) is 0 Å². The predicted octanol–water partition coefficient (Wildman–Crippen LogP) is 1.06. The number of aliphatic hydroxyl groups is 1. The van der Waals surface area contributed by atoms with Gasteiger partial charge < -0.3 is 62.5 Å². The van der Waals surface area contributed by atoms with E-state index in [2.05, 4.69) is 19.2 Å². The van der Waals surface area contributed by atoms with Gasteiger partial charge in [0.2, 0.25) is 0 Å². The zero-order valence-corrected chi connectivity index (χ0v) is 26.2. The Morgan fingerprint density at radius 2 is 0.667 bits per heavy atom. The molecule has 0 bridgehead atoms. The van der Waals surface area contributed by atoms with Crippen molar-refractivity contribution in [2.75, 3.05) is 159 Å². The minimum Gasteiger partial charge on any atom is -0.394 e. The van der Waals surface area contributed by atoms with E-state index in [0.29, 0.717) is 145 Å². The fraction of sp³-hybridized carbons (Fsp3) is 0.931. The molecule has 0 aliphatic heterocycles. The summed E-state index contributed by atoms with van der Waals surface area (Å²) < 4.78 is 59.5. The number of hydrogen-bond acceptors (Lipinski definition) is 13. The van der Waals surface area contributed by atoms with Crippen molar-refractivity contribution in [1.82, 2.24) is 5.32 Å². The van der Waals surface area contributed by atoms with Crippen molar-refractivity contribution in [2.24, 2.45) is 0 Å². The summed E-state index contributed by atoms with van der Waals surface area (Å²) in [4.78, 5) is 0. The number of rotatable bonds is 37. The summed E-state index contributed by atoms with van der Waals surface area (Å²) in [5.74, 6) is 0. The average Bonchev–Trinajstić information content (AvgIpc) is 3.00. The third-order valence-electron chi connectivity index (χ3n) is 5.25. The van der Waals surface area contributed by atoms with Crippen LogP contribution in [-0.4, -0.2) is 164 Å². The Kier molecular flexibility index (Phi) is 37.2. The molecule has 0 rings (SSSR count). The molecule has 0 amide bonds. The van der Waals surface area contributed by atoms with Crippen LogP contribution in [0.4, 0.5) is 0 Å². The van der Waals surface area contributed by atoms with Gasteiger partial charge in [0.25, 0.3) is 0 Å². The number of nitrogens with one attached hydrogen (secondary N) is 1. The van der Waals surface area contributed by atoms with E-state index in [1.807, 2.05) is 6.20 Å². The van der Waals surface area contributed by atoms with Gasteiger partial charge in [-0.1, -0.05) is 12.5 Å². The van der Waals surface area contributed by atoms with Crippen LogP contribution in [0.5, 0.6) is 0 Å². The molecule has 2 N–H and O–H groups in total. The zero-order valence-electron chi connectivity index (χ0n) is 26.2. The first-order chi connectivity index (χ1) is 20.8. The molecule has 252 valence electrons. The van der Waals surface area contributed by atoms with Crippen molar-refractivity contribution in [3.63, 3.8) is 0 Å². The molecule has 0 atom stereocenters. The molecule has 0 unspecified atom stereocenters.